The van der Waals surface area contributed by atoms with Gasteiger partial charge in [-0.2, -0.15) is 15.2 Å². The lowest BCUT2D eigenvalue weighted by Crippen LogP contribution is -2.23. The Labute approximate surface area is 193 Å². The van der Waals surface area contributed by atoms with Crippen molar-refractivity contribution in [2.75, 3.05) is 17.7 Å². The zero-order chi connectivity index (χ0) is 23.4. The number of anilines is 3. The van der Waals surface area contributed by atoms with Gasteiger partial charge in [0.15, 0.2) is 5.82 Å². The Balaban J connectivity index is 1.46. The summed E-state index contributed by atoms with van der Waals surface area (Å²) >= 11 is 6.24. The van der Waals surface area contributed by atoms with Crippen LogP contribution in [0.4, 0.5) is 21.8 Å². The Hall–Kier alpha value is -3.99. The zero-order valence-electron chi connectivity index (χ0n) is 17.9. The predicted octanol–water partition coefficient (Wildman–Crippen LogP) is 2.97. The summed E-state index contributed by atoms with van der Waals surface area (Å²) in [5.41, 5.74) is 2.87. The van der Waals surface area contributed by atoms with Gasteiger partial charge in [-0.3, -0.25) is 14.2 Å². The molecule has 3 N–H and O–H groups in total. The minimum absolute atomic E-state index is 0.0983. The minimum atomic E-state index is -0.349. The molecule has 0 aliphatic heterocycles. The molecule has 0 saturated carbocycles. The van der Waals surface area contributed by atoms with E-state index >= 15 is 0 Å². The molecule has 0 aliphatic rings. The van der Waals surface area contributed by atoms with Crippen molar-refractivity contribution >= 4 is 35.0 Å². The summed E-state index contributed by atoms with van der Waals surface area (Å²) in [6, 6.07) is 4.79. The number of aryl methyl sites for hydroxylation is 1. The maximum absolute atomic E-state index is 14.2. The average Bonchev–Trinajstić information content (AvgIpc) is 3.42. The van der Waals surface area contributed by atoms with Gasteiger partial charge in [0.2, 0.25) is 11.9 Å². The second kappa shape index (κ2) is 9.65. The lowest BCUT2D eigenvalue weighted by molar-refractivity contribution is -0.121. The molecule has 0 unspecified atom stereocenters. The van der Waals surface area contributed by atoms with Crippen LogP contribution in [0.15, 0.2) is 49.2 Å². The molecule has 0 atom stereocenters. The highest BCUT2D eigenvalue weighted by Crippen LogP contribution is 2.24. The van der Waals surface area contributed by atoms with Gasteiger partial charge >= 0.3 is 0 Å². The Morgan fingerprint density at radius 2 is 1.97 bits per heavy atom. The van der Waals surface area contributed by atoms with Crippen LogP contribution in [0.25, 0.3) is 11.1 Å². The Bertz CT molecular complexity index is 1290. The van der Waals surface area contributed by atoms with Crippen molar-refractivity contribution in [3.63, 3.8) is 0 Å². The van der Waals surface area contributed by atoms with Crippen molar-refractivity contribution in [2.45, 2.75) is 13.1 Å². The van der Waals surface area contributed by atoms with Crippen molar-refractivity contribution in [3.05, 3.63) is 65.6 Å². The molecule has 0 bridgehead atoms. The summed E-state index contributed by atoms with van der Waals surface area (Å²) < 4.78 is 17.3. The van der Waals surface area contributed by atoms with E-state index in [0.717, 1.165) is 11.1 Å². The summed E-state index contributed by atoms with van der Waals surface area (Å²) in [6.07, 6.45) is 8.18. The predicted molar refractivity (Wildman–Crippen MR) is 123 cm³/mol. The second-order valence-corrected chi connectivity index (χ2v) is 7.63. The molecule has 1 aromatic carbocycles. The van der Waals surface area contributed by atoms with E-state index in [-0.39, 0.29) is 24.2 Å². The van der Waals surface area contributed by atoms with E-state index in [9.17, 15) is 9.18 Å². The molecule has 4 rings (SSSR count). The number of hydrogen-bond acceptors (Lipinski definition) is 7. The molecule has 12 heteroatoms. The number of rotatable bonds is 8. The number of nitrogens with one attached hydrogen (secondary N) is 3. The molecule has 170 valence electrons. The van der Waals surface area contributed by atoms with Crippen molar-refractivity contribution in [2.24, 2.45) is 7.05 Å². The van der Waals surface area contributed by atoms with Gasteiger partial charge in [-0.25, -0.2) is 9.37 Å². The van der Waals surface area contributed by atoms with Crippen LogP contribution >= 0.6 is 11.6 Å². The van der Waals surface area contributed by atoms with Crippen molar-refractivity contribution < 1.29 is 9.18 Å². The summed E-state index contributed by atoms with van der Waals surface area (Å²) in [6.45, 7) is 0.395. The highest BCUT2D eigenvalue weighted by molar-refractivity contribution is 6.32. The maximum Gasteiger partial charge on any atom is 0.241 e. The van der Waals surface area contributed by atoms with E-state index in [4.69, 9.17) is 11.6 Å². The topological polar surface area (TPSA) is 115 Å². The fourth-order valence-electron chi connectivity index (χ4n) is 3.10. The quantitative estimate of drug-likeness (QED) is 0.363. The standard InChI is InChI=1S/C21H21ClFN9O/c1-24-19(33)12-32-11-17(8-28-32)29-21-26-9-18(22)20(30-21)25-6-13-3-14(5-16(23)4-13)15-7-27-31(2)10-15/h3-5,7-11H,6,12H2,1-2H3,(H,24,33)(H2,25,26,29,30). The van der Waals surface area contributed by atoms with Crippen molar-refractivity contribution in [1.29, 1.82) is 0 Å². The molecule has 0 radical (unpaired) electrons. The van der Waals surface area contributed by atoms with Gasteiger partial charge in [0.25, 0.3) is 0 Å². The molecule has 4 aromatic rings. The fraction of sp³-hybridized carbons (Fsp3) is 0.190. The van der Waals surface area contributed by atoms with Gasteiger partial charge in [-0.1, -0.05) is 11.6 Å². The van der Waals surface area contributed by atoms with E-state index in [1.54, 1.807) is 37.4 Å². The van der Waals surface area contributed by atoms with E-state index in [2.05, 4.69) is 36.1 Å². The van der Waals surface area contributed by atoms with Gasteiger partial charge in [0, 0.05) is 38.6 Å². The maximum atomic E-state index is 14.2. The molecule has 33 heavy (non-hydrogen) atoms. The first-order chi connectivity index (χ1) is 15.9. The first kappa shape index (κ1) is 22.2. The molecular weight excluding hydrogens is 449 g/mol. The lowest BCUT2D eigenvalue weighted by Gasteiger charge is -2.10. The van der Waals surface area contributed by atoms with Gasteiger partial charge in [0.1, 0.15) is 17.4 Å². The van der Waals surface area contributed by atoms with Crippen LogP contribution in [0.5, 0.6) is 0 Å². The number of hydrogen-bond donors (Lipinski definition) is 3. The van der Waals surface area contributed by atoms with E-state index < -0.39 is 0 Å². The van der Waals surface area contributed by atoms with Crippen LogP contribution < -0.4 is 16.0 Å². The summed E-state index contributed by atoms with van der Waals surface area (Å²) in [5, 5.41) is 17.2. The largest absolute Gasteiger partial charge is 0.365 e. The molecule has 10 nitrogen and oxygen atoms in total. The number of aromatic nitrogens is 6. The van der Waals surface area contributed by atoms with Gasteiger partial charge < -0.3 is 16.0 Å². The third-order valence-electron chi connectivity index (χ3n) is 4.67. The smallest absolute Gasteiger partial charge is 0.241 e. The van der Waals surface area contributed by atoms with Crippen LogP contribution in [0, 0.1) is 5.82 Å². The molecule has 3 aromatic heterocycles. The third kappa shape index (κ3) is 5.63. The molecule has 0 saturated heterocycles. The molecule has 0 spiro atoms. The van der Waals surface area contributed by atoms with E-state index in [0.29, 0.717) is 28.6 Å². The SMILES string of the molecule is CNC(=O)Cn1cc(Nc2ncc(Cl)c(NCc3cc(F)cc(-c4cnn(C)c4)c3)n2)cn1. The highest BCUT2D eigenvalue weighted by Gasteiger charge is 2.10. The molecule has 1 amide bonds. The number of likely N-dealkylation sites (N-methyl/N-ethyl adjacent to an activating group) is 1. The normalized spacial score (nSPS) is 10.8. The number of nitrogens with zero attached hydrogens (tertiary/aromatic N) is 6. The Morgan fingerprint density at radius 1 is 1.12 bits per heavy atom. The Morgan fingerprint density at radius 3 is 2.73 bits per heavy atom. The van der Waals surface area contributed by atoms with E-state index in [1.807, 2.05) is 12.3 Å². The van der Waals surface area contributed by atoms with Crippen LogP contribution in [0.1, 0.15) is 5.56 Å². The monoisotopic (exact) mass is 469 g/mol. The summed E-state index contributed by atoms with van der Waals surface area (Å²) in [5.74, 6) is 0.164. The minimum Gasteiger partial charge on any atom is -0.365 e. The number of amides is 1. The Kier molecular flexibility index (Phi) is 6.50. The summed E-state index contributed by atoms with van der Waals surface area (Å²) in [4.78, 5) is 20.0. The molecule has 0 aliphatic carbocycles. The van der Waals surface area contributed by atoms with Gasteiger partial charge in [-0.05, 0) is 29.3 Å². The molecule has 3 heterocycles. The second-order valence-electron chi connectivity index (χ2n) is 7.22. The van der Waals surface area contributed by atoms with Crippen molar-refractivity contribution in [3.8, 4) is 11.1 Å². The molecular formula is C21H21ClFN9O. The fourth-order valence-corrected chi connectivity index (χ4v) is 3.25. The molecule has 0 fully saturated rings. The average molecular weight is 470 g/mol. The first-order valence-electron chi connectivity index (χ1n) is 9.94. The van der Waals surface area contributed by atoms with Crippen LogP contribution in [-0.4, -0.2) is 42.5 Å². The number of halogens is 2. The van der Waals surface area contributed by atoms with Gasteiger partial charge in [0.05, 0.1) is 24.3 Å². The van der Waals surface area contributed by atoms with Crippen LogP contribution in [0.2, 0.25) is 5.02 Å². The summed E-state index contributed by atoms with van der Waals surface area (Å²) in [7, 11) is 3.37. The van der Waals surface area contributed by atoms with Crippen LogP contribution in [0.3, 0.4) is 0 Å². The van der Waals surface area contributed by atoms with Gasteiger partial charge in [-0.15, -0.1) is 0 Å². The zero-order valence-corrected chi connectivity index (χ0v) is 18.6. The number of benzene rings is 1. The highest BCUT2D eigenvalue weighted by atomic mass is 35.5. The number of carbonyl (C=O) groups excluding carboxylic acids is 1. The lowest BCUT2D eigenvalue weighted by atomic mass is 10.1. The van der Waals surface area contributed by atoms with E-state index in [1.165, 1.54) is 23.0 Å². The van der Waals surface area contributed by atoms with Crippen LogP contribution in [-0.2, 0) is 24.9 Å². The first-order valence-corrected chi connectivity index (χ1v) is 10.3. The van der Waals surface area contributed by atoms with Crippen molar-refractivity contribution in [1.82, 2.24) is 34.8 Å². The third-order valence-corrected chi connectivity index (χ3v) is 4.95. The number of carbonyl (C=O) groups is 1.